The summed E-state index contributed by atoms with van der Waals surface area (Å²) in [6.45, 7) is 15.4. The van der Waals surface area contributed by atoms with E-state index in [1.165, 1.54) is 5.56 Å². The summed E-state index contributed by atoms with van der Waals surface area (Å²) in [5.41, 5.74) is 3.59. The largest absolute Gasteiger partial charge is 0.394 e. The predicted molar refractivity (Wildman–Crippen MR) is 209 cm³/mol. The summed E-state index contributed by atoms with van der Waals surface area (Å²) in [6, 6.07) is 10.6. The highest BCUT2D eigenvalue weighted by Gasteiger charge is 2.68. The molecular weight excluding hydrogens is 712 g/mol. The van der Waals surface area contributed by atoms with E-state index in [1.807, 2.05) is 6.07 Å². The van der Waals surface area contributed by atoms with Gasteiger partial charge in [-0.1, -0.05) is 64.3 Å². The third kappa shape index (κ3) is 7.75. The lowest BCUT2D eigenvalue weighted by Gasteiger charge is -2.47. The lowest BCUT2D eigenvalue weighted by molar-refractivity contribution is -0.292. The number of rotatable bonds is 14. The Balaban J connectivity index is 0.794. The number of ether oxygens (including phenoxy) is 8. The van der Waals surface area contributed by atoms with E-state index in [9.17, 15) is 10.2 Å². The highest BCUT2D eigenvalue weighted by molar-refractivity contribution is 5.18. The maximum Gasteiger partial charge on any atom is 0.172 e. The van der Waals surface area contributed by atoms with Gasteiger partial charge in [-0.05, 0) is 92.3 Å². The molecule has 310 valence electrons. The van der Waals surface area contributed by atoms with E-state index in [-0.39, 0.29) is 104 Å². The molecule has 0 radical (unpaired) electrons. The lowest BCUT2D eigenvalue weighted by atomic mass is 9.79. The number of fused-ring (bicyclic) bond motifs is 1. The molecule has 9 fully saturated rings. The molecule has 10 nitrogen and oxygen atoms in total. The Morgan fingerprint density at radius 2 is 1.55 bits per heavy atom. The Bertz CT molecular complexity index is 1540. The molecule has 1 aromatic carbocycles. The van der Waals surface area contributed by atoms with Crippen LogP contribution in [0.5, 0.6) is 0 Å². The zero-order valence-electron chi connectivity index (χ0n) is 33.8. The molecule has 0 aromatic heterocycles. The summed E-state index contributed by atoms with van der Waals surface area (Å²) in [7, 11) is 0. The van der Waals surface area contributed by atoms with Gasteiger partial charge >= 0.3 is 0 Å². The SMILES string of the molecule is C=C1C(C[C@@H]2O[C@H](C[C@H](O)CO)[C@H](C)[C@H]2Cc2ccccc2)OC(CC[C@@H]2O[C@@H](CC[C@@]34C[C@H]5O[C@H]6C(O3)[C@H]3O[C@@H](CC)CC[C@@H]3O[C@H]6C5O4)CC2=C)C[C@H]1C. The van der Waals surface area contributed by atoms with Gasteiger partial charge in [0.1, 0.15) is 30.5 Å². The second-order valence-electron chi connectivity index (χ2n) is 18.7. The fraction of sp³-hybridized carbons (Fsp3) is 0.783. The van der Waals surface area contributed by atoms with Gasteiger partial charge in [-0.3, -0.25) is 0 Å². The van der Waals surface area contributed by atoms with Gasteiger partial charge in [0.2, 0.25) is 0 Å². The molecule has 10 heteroatoms. The van der Waals surface area contributed by atoms with Gasteiger partial charge in [0.25, 0.3) is 0 Å². The van der Waals surface area contributed by atoms with Crippen molar-refractivity contribution in [2.45, 2.75) is 202 Å². The first kappa shape index (κ1) is 39.7. The monoisotopic (exact) mass is 778 g/mol. The van der Waals surface area contributed by atoms with E-state index in [0.717, 1.165) is 88.2 Å². The van der Waals surface area contributed by atoms with Crippen molar-refractivity contribution < 1.29 is 48.1 Å². The number of hydrogen-bond acceptors (Lipinski definition) is 10. The fourth-order valence-corrected chi connectivity index (χ4v) is 11.7. The second kappa shape index (κ2) is 16.4. The molecule has 9 aliphatic heterocycles. The summed E-state index contributed by atoms with van der Waals surface area (Å²) in [6.07, 6.45) is 9.80. The number of aliphatic hydroxyl groups excluding tert-OH is 2. The van der Waals surface area contributed by atoms with Crippen LogP contribution in [0.4, 0.5) is 0 Å². The van der Waals surface area contributed by atoms with E-state index in [0.29, 0.717) is 12.3 Å². The number of aliphatic hydroxyl groups is 2. The van der Waals surface area contributed by atoms with Gasteiger partial charge in [0.05, 0.1) is 67.6 Å². The standard InChI is InChI=1S/C46H66O10/c1-6-31-12-15-36-41(51-31)45-44-43(53-36)42-40(54-44)23-46(55-42,56-45)17-16-33-19-26(3)35(49-33)14-13-32-18-25(2)27(4)38(50-32)22-39-34(20-29-10-8-7-9-11-29)28(5)37(52-39)21-30(48)24-47/h7-11,25,28,30-45,47-48H,3-4,6,12-24H2,1-2,5H3/t25-,28-,30+,31+,32?,33+,34-,35+,36+,37-,38?,39+,40-,41+,42?,43+,44-,45?,46+/m1/s1. The maximum absolute atomic E-state index is 10.3. The molecular formula is C46H66O10. The Kier molecular flexibility index (Phi) is 11.6. The van der Waals surface area contributed by atoms with Gasteiger partial charge in [0, 0.05) is 25.7 Å². The molecule has 2 N–H and O–H groups in total. The third-order valence-corrected chi connectivity index (χ3v) is 15.0. The first-order chi connectivity index (χ1) is 27.1. The first-order valence-electron chi connectivity index (χ1n) is 22.1. The molecule has 0 spiro atoms. The van der Waals surface area contributed by atoms with Gasteiger partial charge in [-0.25, -0.2) is 0 Å². The molecule has 56 heavy (non-hydrogen) atoms. The van der Waals surface area contributed by atoms with Crippen LogP contribution in [0.25, 0.3) is 0 Å². The summed E-state index contributed by atoms with van der Waals surface area (Å²) in [4.78, 5) is 0. The molecule has 0 saturated carbocycles. The summed E-state index contributed by atoms with van der Waals surface area (Å²) in [5, 5.41) is 19.9. The van der Waals surface area contributed by atoms with Crippen LogP contribution in [0.3, 0.4) is 0 Å². The van der Waals surface area contributed by atoms with Crippen molar-refractivity contribution in [3.05, 3.63) is 60.2 Å². The van der Waals surface area contributed by atoms with Crippen molar-refractivity contribution in [1.82, 2.24) is 0 Å². The van der Waals surface area contributed by atoms with E-state index in [2.05, 4.69) is 58.2 Å². The van der Waals surface area contributed by atoms with Crippen molar-refractivity contribution >= 4 is 0 Å². The van der Waals surface area contributed by atoms with Crippen LogP contribution in [0.15, 0.2) is 54.6 Å². The van der Waals surface area contributed by atoms with Crippen molar-refractivity contribution in [2.75, 3.05) is 6.61 Å². The molecule has 1 aromatic rings. The Morgan fingerprint density at radius 3 is 2.36 bits per heavy atom. The maximum atomic E-state index is 10.3. The Hall–Kier alpha value is -1.70. The van der Waals surface area contributed by atoms with Crippen LogP contribution in [0, 0.1) is 17.8 Å². The van der Waals surface area contributed by atoms with Crippen LogP contribution in [-0.2, 0) is 44.3 Å². The molecule has 0 aliphatic carbocycles. The van der Waals surface area contributed by atoms with Crippen molar-refractivity contribution in [3.8, 4) is 0 Å². The van der Waals surface area contributed by atoms with Crippen molar-refractivity contribution in [2.24, 2.45) is 17.8 Å². The average molecular weight is 779 g/mol. The minimum absolute atomic E-state index is 0.00101. The van der Waals surface area contributed by atoms with E-state index < -0.39 is 11.9 Å². The molecule has 19 atom stereocenters. The quantitative estimate of drug-likeness (QED) is 0.206. The zero-order chi connectivity index (χ0) is 38.7. The van der Waals surface area contributed by atoms with E-state index in [1.54, 1.807) is 0 Å². The summed E-state index contributed by atoms with van der Waals surface area (Å²) in [5.74, 6) is 0.150. The average Bonchev–Trinajstić information content (AvgIpc) is 3.87. The van der Waals surface area contributed by atoms with E-state index in [4.69, 9.17) is 37.9 Å². The molecule has 0 amide bonds. The van der Waals surface area contributed by atoms with Gasteiger partial charge in [-0.2, -0.15) is 0 Å². The zero-order valence-corrected chi connectivity index (χ0v) is 33.8. The van der Waals surface area contributed by atoms with E-state index >= 15 is 0 Å². The number of hydrogen-bond donors (Lipinski definition) is 2. The molecule has 9 aliphatic rings. The molecule has 9 saturated heterocycles. The smallest absolute Gasteiger partial charge is 0.172 e. The van der Waals surface area contributed by atoms with Gasteiger partial charge < -0.3 is 48.1 Å². The van der Waals surface area contributed by atoms with Crippen LogP contribution in [0.2, 0.25) is 0 Å². The minimum Gasteiger partial charge on any atom is -0.394 e. The summed E-state index contributed by atoms with van der Waals surface area (Å²) >= 11 is 0. The molecule has 9 heterocycles. The predicted octanol–water partition coefficient (Wildman–Crippen LogP) is 6.38. The Morgan fingerprint density at radius 1 is 0.786 bits per heavy atom. The third-order valence-electron chi connectivity index (χ3n) is 15.0. The topological polar surface area (TPSA) is 114 Å². The van der Waals surface area contributed by atoms with Crippen LogP contribution >= 0.6 is 0 Å². The lowest BCUT2D eigenvalue weighted by Crippen LogP contribution is -2.61. The normalized spacial score (nSPS) is 47.3. The van der Waals surface area contributed by atoms with Gasteiger partial charge in [-0.15, -0.1) is 0 Å². The van der Waals surface area contributed by atoms with Gasteiger partial charge in [0.15, 0.2) is 5.79 Å². The van der Waals surface area contributed by atoms with Crippen LogP contribution in [-0.4, -0.2) is 114 Å². The highest BCUT2D eigenvalue weighted by atomic mass is 16.8. The first-order valence-corrected chi connectivity index (χ1v) is 22.1. The molecule has 4 unspecified atom stereocenters. The Labute approximate surface area is 333 Å². The van der Waals surface area contributed by atoms with Crippen LogP contribution in [0.1, 0.15) is 103 Å². The summed E-state index contributed by atoms with van der Waals surface area (Å²) < 4.78 is 53.8. The minimum atomic E-state index is -0.785. The fourth-order valence-electron chi connectivity index (χ4n) is 11.7. The van der Waals surface area contributed by atoms with Crippen molar-refractivity contribution in [1.29, 1.82) is 0 Å². The molecule has 6 bridgehead atoms. The second-order valence-corrected chi connectivity index (χ2v) is 18.7. The number of benzene rings is 1. The highest BCUT2D eigenvalue weighted by Crippen LogP contribution is 2.54. The van der Waals surface area contributed by atoms with Crippen molar-refractivity contribution in [3.63, 3.8) is 0 Å². The van der Waals surface area contributed by atoms with Crippen LogP contribution < -0.4 is 0 Å². The molecule has 10 rings (SSSR count).